The van der Waals surface area contributed by atoms with Crippen LogP contribution in [-0.2, 0) is 0 Å². The number of nitrogens with zero attached hydrogens (tertiary/aromatic N) is 1. The first-order chi connectivity index (χ1) is 25.7. The minimum atomic E-state index is 0.897. The average Bonchev–Trinajstić information content (AvgIpc) is 3.60. The van der Waals surface area contributed by atoms with Crippen LogP contribution in [0.4, 0.5) is 17.1 Å². The molecule has 10 aromatic rings. The lowest BCUT2D eigenvalue weighted by molar-refractivity contribution is 0.670. The van der Waals surface area contributed by atoms with Crippen molar-refractivity contribution in [3.05, 3.63) is 200 Å². The molecule has 0 amide bonds. The Bertz CT molecular complexity index is 2890. The third-order valence-electron chi connectivity index (χ3n) is 10.2. The van der Waals surface area contributed by atoms with Crippen LogP contribution in [0.15, 0.2) is 205 Å². The van der Waals surface area contributed by atoms with Crippen LogP contribution in [0.25, 0.3) is 76.9 Å². The summed E-state index contributed by atoms with van der Waals surface area (Å²) in [5.41, 5.74) is 12.1. The van der Waals surface area contributed by atoms with Gasteiger partial charge in [0.25, 0.3) is 0 Å². The van der Waals surface area contributed by atoms with E-state index < -0.39 is 0 Å². The summed E-state index contributed by atoms with van der Waals surface area (Å²) in [5.74, 6) is 0. The van der Waals surface area contributed by atoms with E-state index in [2.05, 4.69) is 199 Å². The number of furan rings is 1. The van der Waals surface area contributed by atoms with E-state index in [1.807, 2.05) is 6.07 Å². The molecule has 244 valence electrons. The lowest BCUT2D eigenvalue weighted by Crippen LogP contribution is -2.09. The molecule has 0 fully saturated rings. The van der Waals surface area contributed by atoms with Crippen LogP contribution in [0.1, 0.15) is 0 Å². The smallest absolute Gasteiger partial charge is 0.143 e. The van der Waals surface area contributed by atoms with E-state index in [1.54, 1.807) is 0 Å². The fourth-order valence-corrected chi connectivity index (χ4v) is 7.56. The molecule has 0 aliphatic rings. The highest BCUT2D eigenvalue weighted by Crippen LogP contribution is 2.40. The minimum Gasteiger partial charge on any atom is -0.455 e. The van der Waals surface area contributed by atoms with Crippen LogP contribution in [0.3, 0.4) is 0 Å². The van der Waals surface area contributed by atoms with Gasteiger partial charge < -0.3 is 9.32 Å². The molecule has 9 aromatic carbocycles. The second-order valence-electron chi connectivity index (χ2n) is 13.4. The topological polar surface area (TPSA) is 16.4 Å². The highest BCUT2D eigenvalue weighted by Gasteiger charge is 2.16. The van der Waals surface area contributed by atoms with Gasteiger partial charge in [0.1, 0.15) is 11.2 Å². The summed E-state index contributed by atoms with van der Waals surface area (Å²) in [5, 5.41) is 7.20. The maximum atomic E-state index is 6.46. The van der Waals surface area contributed by atoms with Crippen LogP contribution >= 0.6 is 0 Å². The zero-order chi connectivity index (χ0) is 34.4. The third-order valence-corrected chi connectivity index (χ3v) is 10.2. The largest absolute Gasteiger partial charge is 0.455 e. The molecular formula is C50H33NO. The molecule has 10 rings (SSSR count). The molecule has 0 aliphatic carbocycles. The Morgan fingerprint density at radius 1 is 0.308 bits per heavy atom. The highest BCUT2D eigenvalue weighted by molar-refractivity contribution is 6.10. The molecule has 0 unspecified atom stereocenters. The number of benzene rings is 9. The van der Waals surface area contributed by atoms with Gasteiger partial charge in [0, 0.05) is 33.4 Å². The molecule has 2 nitrogen and oxygen atoms in total. The second-order valence-corrected chi connectivity index (χ2v) is 13.4. The maximum Gasteiger partial charge on any atom is 0.143 e. The van der Waals surface area contributed by atoms with E-state index in [9.17, 15) is 0 Å². The van der Waals surface area contributed by atoms with Crippen molar-refractivity contribution < 1.29 is 4.42 Å². The molecule has 1 aromatic heterocycles. The number of fused-ring (bicyclic) bond motifs is 5. The van der Waals surface area contributed by atoms with E-state index in [-0.39, 0.29) is 0 Å². The molecule has 0 N–H and O–H groups in total. The van der Waals surface area contributed by atoms with Crippen molar-refractivity contribution in [1.29, 1.82) is 0 Å². The molecule has 0 radical (unpaired) electrons. The van der Waals surface area contributed by atoms with Gasteiger partial charge in [0.15, 0.2) is 0 Å². The minimum absolute atomic E-state index is 0.897. The number of rotatable bonds is 6. The standard InChI is InChI=1S/C50H33NO/c1-2-11-38(12-3-1)46-15-8-16-47-48-33-42(24-30-49(48)52-50(46)47)37-21-27-44(28-22-37)51(45-29-23-35-10-5-7-14-40(35)32-45)43-25-19-36(20-26-43)41-18-17-34-9-4-6-13-39(34)31-41/h1-33H. The summed E-state index contributed by atoms with van der Waals surface area (Å²) in [6.45, 7) is 0. The van der Waals surface area contributed by atoms with Crippen molar-refractivity contribution >= 4 is 60.5 Å². The van der Waals surface area contributed by atoms with Gasteiger partial charge in [-0.05, 0) is 104 Å². The van der Waals surface area contributed by atoms with Crippen LogP contribution in [0.5, 0.6) is 0 Å². The molecule has 1 heterocycles. The number of para-hydroxylation sites is 1. The monoisotopic (exact) mass is 663 g/mol. The first-order valence-corrected chi connectivity index (χ1v) is 17.7. The van der Waals surface area contributed by atoms with Crippen molar-refractivity contribution in [2.75, 3.05) is 4.90 Å². The molecule has 0 bridgehead atoms. The average molecular weight is 664 g/mol. The van der Waals surface area contributed by atoms with Gasteiger partial charge in [-0.2, -0.15) is 0 Å². The van der Waals surface area contributed by atoms with Gasteiger partial charge in [0.2, 0.25) is 0 Å². The highest BCUT2D eigenvalue weighted by atomic mass is 16.3. The summed E-state index contributed by atoms with van der Waals surface area (Å²) in [7, 11) is 0. The summed E-state index contributed by atoms with van der Waals surface area (Å²) < 4.78 is 6.46. The quantitative estimate of drug-likeness (QED) is 0.176. The Morgan fingerprint density at radius 2 is 0.846 bits per heavy atom. The molecule has 0 saturated carbocycles. The van der Waals surface area contributed by atoms with Crippen LogP contribution in [0.2, 0.25) is 0 Å². The van der Waals surface area contributed by atoms with E-state index in [0.717, 1.165) is 61.3 Å². The predicted molar refractivity (Wildman–Crippen MR) is 220 cm³/mol. The van der Waals surface area contributed by atoms with Crippen LogP contribution < -0.4 is 4.90 Å². The molecule has 52 heavy (non-hydrogen) atoms. The molecule has 0 saturated heterocycles. The van der Waals surface area contributed by atoms with Gasteiger partial charge >= 0.3 is 0 Å². The second kappa shape index (κ2) is 12.5. The fraction of sp³-hybridized carbons (Fsp3) is 0. The third kappa shape index (κ3) is 5.30. The maximum absolute atomic E-state index is 6.46. The Balaban J connectivity index is 1.03. The number of hydrogen-bond donors (Lipinski definition) is 0. The summed E-state index contributed by atoms with van der Waals surface area (Å²) in [6, 6.07) is 71.7. The van der Waals surface area contributed by atoms with E-state index in [1.165, 1.54) is 32.7 Å². The van der Waals surface area contributed by atoms with Gasteiger partial charge in [0.05, 0.1) is 0 Å². The number of anilines is 3. The molecule has 2 heteroatoms. The molecule has 0 spiro atoms. The van der Waals surface area contributed by atoms with E-state index in [0.29, 0.717) is 0 Å². The van der Waals surface area contributed by atoms with Gasteiger partial charge in [-0.25, -0.2) is 0 Å². The summed E-state index contributed by atoms with van der Waals surface area (Å²) in [6.07, 6.45) is 0. The zero-order valence-electron chi connectivity index (χ0n) is 28.4. The Hall–Kier alpha value is -6.90. The SMILES string of the molecule is c1ccc(-c2cccc3c2oc2ccc(-c4ccc(N(c5ccc(-c6ccc7ccccc7c6)cc5)c5ccc6ccccc6c5)cc4)cc23)cc1. The van der Waals surface area contributed by atoms with Gasteiger partial charge in [-0.15, -0.1) is 0 Å². The Labute approximate surface area is 302 Å². The fourth-order valence-electron chi connectivity index (χ4n) is 7.56. The van der Waals surface area contributed by atoms with E-state index >= 15 is 0 Å². The Kier molecular flexibility index (Phi) is 7.18. The molecule has 0 atom stereocenters. The van der Waals surface area contributed by atoms with Gasteiger partial charge in [-0.1, -0.05) is 146 Å². The van der Waals surface area contributed by atoms with Crippen LogP contribution in [0, 0.1) is 0 Å². The van der Waals surface area contributed by atoms with Crippen molar-refractivity contribution in [2.45, 2.75) is 0 Å². The number of hydrogen-bond acceptors (Lipinski definition) is 2. The summed E-state index contributed by atoms with van der Waals surface area (Å²) >= 11 is 0. The predicted octanol–water partition coefficient (Wildman–Crippen LogP) is 14.4. The van der Waals surface area contributed by atoms with Crippen LogP contribution in [-0.4, -0.2) is 0 Å². The normalized spacial score (nSPS) is 11.5. The van der Waals surface area contributed by atoms with E-state index in [4.69, 9.17) is 4.42 Å². The molecular weight excluding hydrogens is 631 g/mol. The lowest BCUT2D eigenvalue weighted by Gasteiger charge is -2.26. The van der Waals surface area contributed by atoms with Crippen molar-refractivity contribution in [2.24, 2.45) is 0 Å². The van der Waals surface area contributed by atoms with Crippen molar-refractivity contribution in [3.63, 3.8) is 0 Å². The Morgan fingerprint density at radius 3 is 1.54 bits per heavy atom. The molecule has 0 aliphatic heterocycles. The van der Waals surface area contributed by atoms with Crippen molar-refractivity contribution in [3.8, 4) is 33.4 Å². The first-order valence-electron chi connectivity index (χ1n) is 17.7. The van der Waals surface area contributed by atoms with Gasteiger partial charge in [-0.3, -0.25) is 0 Å². The van der Waals surface area contributed by atoms with Crippen molar-refractivity contribution in [1.82, 2.24) is 0 Å². The summed E-state index contributed by atoms with van der Waals surface area (Å²) in [4.78, 5) is 2.35. The zero-order valence-corrected chi connectivity index (χ0v) is 28.4. The lowest BCUT2D eigenvalue weighted by atomic mass is 9.99. The first kappa shape index (κ1) is 30.0.